The highest BCUT2D eigenvalue weighted by molar-refractivity contribution is 5.66. The summed E-state index contributed by atoms with van der Waals surface area (Å²) < 4.78 is 0. The number of aliphatic hydroxyl groups is 1. The first-order valence-corrected chi connectivity index (χ1v) is 6.03. The third-order valence-corrected chi connectivity index (χ3v) is 2.74. The Balaban J connectivity index is 3.39. The molecule has 0 bridgehead atoms. The van der Waals surface area contributed by atoms with E-state index in [0.29, 0.717) is 12.3 Å². The van der Waals surface area contributed by atoms with Gasteiger partial charge in [0.25, 0.3) is 0 Å². The van der Waals surface area contributed by atoms with Crippen LogP contribution in [0.2, 0.25) is 0 Å². The maximum Gasteiger partial charge on any atom is 0.303 e. The fraction of sp³-hybridized carbons (Fsp3) is 0.917. The van der Waals surface area contributed by atoms with Gasteiger partial charge in [0.2, 0.25) is 0 Å². The van der Waals surface area contributed by atoms with Crippen LogP contribution in [0.3, 0.4) is 0 Å². The lowest BCUT2D eigenvalue weighted by molar-refractivity contribution is -0.137. The van der Waals surface area contributed by atoms with E-state index in [4.69, 9.17) is 10.2 Å². The van der Waals surface area contributed by atoms with Crippen molar-refractivity contribution in [1.82, 2.24) is 0 Å². The molecule has 0 saturated heterocycles. The fourth-order valence-corrected chi connectivity index (χ4v) is 1.91. The van der Waals surface area contributed by atoms with Gasteiger partial charge in [-0.25, -0.2) is 0 Å². The molecule has 0 aromatic heterocycles. The summed E-state index contributed by atoms with van der Waals surface area (Å²) >= 11 is 0. The normalized spacial score (nSPS) is 12.7. The molecule has 0 saturated carbocycles. The van der Waals surface area contributed by atoms with E-state index in [1.165, 1.54) is 12.8 Å². The Morgan fingerprint density at radius 1 is 1.13 bits per heavy atom. The van der Waals surface area contributed by atoms with Crippen molar-refractivity contribution in [2.75, 3.05) is 6.61 Å². The van der Waals surface area contributed by atoms with Crippen molar-refractivity contribution in [3.8, 4) is 0 Å². The van der Waals surface area contributed by atoms with Crippen LogP contribution in [0.1, 0.15) is 58.3 Å². The van der Waals surface area contributed by atoms with Crippen molar-refractivity contribution in [2.24, 2.45) is 5.92 Å². The minimum absolute atomic E-state index is 0.278. The van der Waals surface area contributed by atoms with Crippen LogP contribution >= 0.6 is 0 Å². The van der Waals surface area contributed by atoms with Gasteiger partial charge in [-0.15, -0.1) is 0 Å². The minimum Gasteiger partial charge on any atom is -0.481 e. The van der Waals surface area contributed by atoms with Crippen molar-refractivity contribution < 1.29 is 15.0 Å². The number of rotatable bonds is 10. The number of unbranched alkanes of at least 4 members (excludes halogenated alkanes) is 2. The summed E-state index contributed by atoms with van der Waals surface area (Å²) in [6.45, 7) is 2.44. The molecule has 0 spiro atoms. The minimum atomic E-state index is -0.699. The molecule has 0 amide bonds. The van der Waals surface area contributed by atoms with E-state index in [-0.39, 0.29) is 6.61 Å². The second-order valence-electron chi connectivity index (χ2n) is 4.16. The van der Waals surface area contributed by atoms with E-state index in [2.05, 4.69) is 6.92 Å². The standard InChI is InChI=1S/C12H24O3/c1-2-6-11(9-10-13)7-4-3-5-8-12(14)15/h11,13H,2-10H2,1H3,(H,14,15). The van der Waals surface area contributed by atoms with E-state index in [1.807, 2.05) is 0 Å². The highest BCUT2D eigenvalue weighted by Gasteiger charge is 2.06. The summed E-state index contributed by atoms with van der Waals surface area (Å²) in [6, 6.07) is 0. The molecule has 0 aliphatic carbocycles. The van der Waals surface area contributed by atoms with Crippen molar-refractivity contribution in [3.05, 3.63) is 0 Å². The van der Waals surface area contributed by atoms with Crippen molar-refractivity contribution in [3.63, 3.8) is 0 Å². The van der Waals surface area contributed by atoms with Gasteiger partial charge in [-0.1, -0.05) is 39.0 Å². The molecule has 1 atom stereocenters. The maximum atomic E-state index is 10.3. The maximum absolute atomic E-state index is 10.3. The van der Waals surface area contributed by atoms with E-state index in [0.717, 1.165) is 32.1 Å². The van der Waals surface area contributed by atoms with Crippen molar-refractivity contribution in [2.45, 2.75) is 58.3 Å². The lowest BCUT2D eigenvalue weighted by Crippen LogP contribution is -2.03. The van der Waals surface area contributed by atoms with E-state index in [1.54, 1.807) is 0 Å². The summed E-state index contributed by atoms with van der Waals surface area (Å²) in [5.41, 5.74) is 0. The quantitative estimate of drug-likeness (QED) is 0.552. The van der Waals surface area contributed by atoms with Gasteiger partial charge in [0, 0.05) is 13.0 Å². The number of aliphatic hydroxyl groups excluding tert-OH is 1. The van der Waals surface area contributed by atoms with Crippen LogP contribution in [-0.4, -0.2) is 22.8 Å². The summed E-state index contributed by atoms with van der Waals surface area (Å²) in [5.74, 6) is -0.0692. The predicted octanol–water partition coefficient (Wildman–Crippen LogP) is 2.82. The molecule has 15 heavy (non-hydrogen) atoms. The number of carboxylic acid groups (broad SMARTS) is 1. The molecule has 0 radical (unpaired) electrons. The Labute approximate surface area is 92.5 Å². The van der Waals surface area contributed by atoms with Gasteiger partial charge < -0.3 is 10.2 Å². The summed E-state index contributed by atoms with van der Waals surface area (Å²) in [7, 11) is 0. The average molecular weight is 216 g/mol. The topological polar surface area (TPSA) is 57.5 Å². The molecule has 0 rings (SSSR count). The van der Waals surface area contributed by atoms with E-state index in [9.17, 15) is 4.79 Å². The second-order valence-corrected chi connectivity index (χ2v) is 4.16. The largest absolute Gasteiger partial charge is 0.481 e. The number of aliphatic carboxylic acids is 1. The highest BCUT2D eigenvalue weighted by Crippen LogP contribution is 2.19. The van der Waals surface area contributed by atoms with Gasteiger partial charge in [0.05, 0.1) is 0 Å². The van der Waals surface area contributed by atoms with Gasteiger partial charge in [0.15, 0.2) is 0 Å². The molecule has 0 fully saturated rings. The van der Waals surface area contributed by atoms with Gasteiger partial charge in [-0.2, -0.15) is 0 Å². The van der Waals surface area contributed by atoms with Gasteiger partial charge in [0.1, 0.15) is 0 Å². The zero-order valence-corrected chi connectivity index (χ0v) is 9.74. The summed E-state index contributed by atoms with van der Waals surface area (Å²) in [6.07, 6.45) is 7.54. The molecule has 0 heterocycles. The van der Waals surface area contributed by atoms with Crippen LogP contribution in [0, 0.1) is 5.92 Å². The van der Waals surface area contributed by atoms with Gasteiger partial charge in [-0.05, 0) is 18.8 Å². The summed E-state index contributed by atoms with van der Waals surface area (Å²) in [5, 5.41) is 17.3. The number of carbonyl (C=O) groups is 1. The first-order valence-electron chi connectivity index (χ1n) is 6.03. The molecule has 0 aromatic carbocycles. The number of hydrogen-bond acceptors (Lipinski definition) is 2. The van der Waals surface area contributed by atoms with Crippen LogP contribution in [0.25, 0.3) is 0 Å². The van der Waals surface area contributed by atoms with E-state index < -0.39 is 5.97 Å². The number of hydrogen-bond donors (Lipinski definition) is 2. The number of carboxylic acids is 1. The first-order chi connectivity index (χ1) is 7.20. The first kappa shape index (κ1) is 14.4. The predicted molar refractivity (Wildman–Crippen MR) is 60.8 cm³/mol. The third-order valence-electron chi connectivity index (χ3n) is 2.74. The lowest BCUT2D eigenvalue weighted by Gasteiger charge is -2.14. The second kappa shape index (κ2) is 9.97. The zero-order chi connectivity index (χ0) is 11.5. The van der Waals surface area contributed by atoms with Crippen LogP contribution in [0.4, 0.5) is 0 Å². The SMILES string of the molecule is CCCC(CCO)CCCCCC(=O)O. The smallest absolute Gasteiger partial charge is 0.303 e. The molecule has 3 heteroatoms. The van der Waals surface area contributed by atoms with Crippen molar-refractivity contribution in [1.29, 1.82) is 0 Å². The Hall–Kier alpha value is -0.570. The highest BCUT2D eigenvalue weighted by atomic mass is 16.4. The average Bonchev–Trinajstić information content (AvgIpc) is 2.17. The fourth-order valence-electron chi connectivity index (χ4n) is 1.91. The van der Waals surface area contributed by atoms with Crippen LogP contribution in [0.5, 0.6) is 0 Å². The molecule has 0 aromatic rings. The Bertz CT molecular complexity index is 151. The van der Waals surface area contributed by atoms with Crippen LogP contribution < -0.4 is 0 Å². The molecule has 2 N–H and O–H groups in total. The lowest BCUT2D eigenvalue weighted by atomic mass is 9.93. The molecule has 1 unspecified atom stereocenters. The summed E-state index contributed by atoms with van der Waals surface area (Å²) in [4.78, 5) is 10.3. The molecule has 90 valence electrons. The monoisotopic (exact) mass is 216 g/mol. The Morgan fingerprint density at radius 3 is 2.40 bits per heavy atom. The van der Waals surface area contributed by atoms with Crippen LogP contribution in [-0.2, 0) is 4.79 Å². The molecular weight excluding hydrogens is 192 g/mol. The molecule has 0 aliphatic rings. The van der Waals surface area contributed by atoms with E-state index >= 15 is 0 Å². The molecule has 0 aliphatic heterocycles. The van der Waals surface area contributed by atoms with Gasteiger partial charge in [-0.3, -0.25) is 4.79 Å². The molecular formula is C12H24O3. The van der Waals surface area contributed by atoms with Gasteiger partial charge >= 0.3 is 5.97 Å². The Kier molecular flexibility index (Phi) is 9.59. The molecule has 3 nitrogen and oxygen atoms in total. The van der Waals surface area contributed by atoms with Crippen LogP contribution in [0.15, 0.2) is 0 Å². The van der Waals surface area contributed by atoms with Crippen molar-refractivity contribution >= 4 is 5.97 Å². The Morgan fingerprint density at radius 2 is 1.87 bits per heavy atom. The third kappa shape index (κ3) is 9.73. The zero-order valence-electron chi connectivity index (χ0n) is 9.74.